The van der Waals surface area contributed by atoms with Gasteiger partial charge in [-0.1, -0.05) is 6.07 Å². The van der Waals surface area contributed by atoms with E-state index in [0.29, 0.717) is 11.8 Å². The van der Waals surface area contributed by atoms with Crippen molar-refractivity contribution in [3.8, 4) is 0 Å². The van der Waals surface area contributed by atoms with Crippen LogP contribution in [0.5, 0.6) is 0 Å². The lowest BCUT2D eigenvalue weighted by Gasteiger charge is -2.40. The second kappa shape index (κ2) is 4.27. The van der Waals surface area contributed by atoms with Crippen LogP contribution < -0.4 is 10.5 Å². The predicted molar refractivity (Wildman–Crippen MR) is 64.2 cm³/mol. The molecule has 4 nitrogen and oxygen atoms in total. The van der Waals surface area contributed by atoms with Crippen LogP contribution in [-0.4, -0.2) is 35.9 Å². The van der Waals surface area contributed by atoms with Gasteiger partial charge in [0.2, 0.25) is 0 Å². The topological polar surface area (TPSA) is 46.7 Å². The van der Waals surface area contributed by atoms with Gasteiger partial charge in [0.1, 0.15) is 6.54 Å². The molecule has 2 aliphatic heterocycles. The van der Waals surface area contributed by atoms with Crippen molar-refractivity contribution in [2.45, 2.75) is 18.9 Å². The number of quaternary nitrogens is 1. The average Bonchev–Trinajstić information content (AvgIpc) is 2.31. The minimum absolute atomic E-state index is 0.141. The summed E-state index contributed by atoms with van der Waals surface area (Å²) in [6, 6.07) is 5.61. The third kappa shape index (κ3) is 1.91. The molecule has 0 saturated carbocycles. The van der Waals surface area contributed by atoms with Crippen LogP contribution >= 0.6 is 0 Å². The number of hydrogen-bond donors (Lipinski definition) is 2. The minimum atomic E-state index is 0.141. The molecule has 1 fully saturated rings. The van der Waals surface area contributed by atoms with Crippen LogP contribution in [0.2, 0.25) is 0 Å². The Labute approximate surface area is 100 Å². The zero-order valence-corrected chi connectivity index (χ0v) is 9.93. The van der Waals surface area contributed by atoms with Crippen LogP contribution in [0.4, 0.5) is 0 Å². The van der Waals surface area contributed by atoms with E-state index >= 15 is 0 Å². The summed E-state index contributed by atoms with van der Waals surface area (Å²) in [5, 5.41) is 9.05. The summed E-state index contributed by atoms with van der Waals surface area (Å²) in [4.78, 5) is 13.3. The van der Waals surface area contributed by atoms with Crippen molar-refractivity contribution in [1.29, 1.82) is 0 Å². The molecule has 92 valence electrons. The number of nitrogens with zero attached hydrogens (tertiary/aromatic N) is 1. The van der Waals surface area contributed by atoms with Gasteiger partial charge < -0.3 is 14.6 Å². The quantitative estimate of drug-likeness (QED) is 0.679. The Hall–Kier alpha value is -1.13. The summed E-state index contributed by atoms with van der Waals surface area (Å²) >= 11 is 0. The zero-order chi connectivity index (χ0) is 11.8. The predicted octanol–water partition coefficient (Wildman–Crippen LogP) is -1.16. The Kier molecular flexibility index (Phi) is 2.76. The van der Waals surface area contributed by atoms with E-state index in [1.165, 1.54) is 17.0 Å². The molecule has 1 saturated heterocycles. The summed E-state index contributed by atoms with van der Waals surface area (Å²) in [6.45, 7) is 4.11. The van der Waals surface area contributed by atoms with Crippen molar-refractivity contribution >= 4 is 0 Å². The molecule has 1 unspecified atom stereocenters. The number of aliphatic hydroxyl groups is 1. The highest BCUT2D eigenvalue weighted by Gasteiger charge is 2.36. The van der Waals surface area contributed by atoms with Gasteiger partial charge in [0, 0.05) is 30.1 Å². The van der Waals surface area contributed by atoms with Crippen LogP contribution in [-0.2, 0) is 6.54 Å². The molecule has 1 aromatic heterocycles. The second-order valence-corrected chi connectivity index (χ2v) is 5.33. The van der Waals surface area contributed by atoms with Crippen LogP contribution in [0.1, 0.15) is 18.0 Å². The maximum Gasteiger partial charge on any atom is 0.250 e. The number of likely N-dealkylation sites (tertiary alicyclic amines) is 1. The Morgan fingerprint density at radius 2 is 2.29 bits per heavy atom. The SMILES string of the molecule is O=c1cccc2n1C[C@@H]1C[C@H]2C[NH+](CCO)C1. The molecule has 2 aliphatic rings. The maximum atomic E-state index is 11.8. The fourth-order valence-electron chi connectivity index (χ4n) is 3.48. The molecule has 2 N–H and O–H groups in total. The zero-order valence-electron chi connectivity index (χ0n) is 9.93. The van der Waals surface area contributed by atoms with Gasteiger partial charge in [0.25, 0.3) is 5.56 Å². The van der Waals surface area contributed by atoms with E-state index in [9.17, 15) is 4.79 Å². The van der Waals surface area contributed by atoms with Crippen LogP contribution in [0.25, 0.3) is 0 Å². The van der Waals surface area contributed by atoms with Crippen LogP contribution in [0, 0.1) is 5.92 Å². The van der Waals surface area contributed by atoms with Gasteiger partial charge in [-0.25, -0.2) is 0 Å². The number of rotatable bonds is 2. The summed E-state index contributed by atoms with van der Waals surface area (Å²) in [7, 11) is 0. The van der Waals surface area contributed by atoms with Gasteiger partial charge in [-0.15, -0.1) is 0 Å². The smallest absolute Gasteiger partial charge is 0.250 e. The maximum absolute atomic E-state index is 11.8. The lowest BCUT2D eigenvalue weighted by Crippen LogP contribution is -3.15. The summed E-state index contributed by atoms with van der Waals surface area (Å²) in [5.74, 6) is 1.10. The first-order valence-corrected chi connectivity index (χ1v) is 6.42. The molecule has 0 amide bonds. The van der Waals surface area contributed by atoms with Crippen LogP contribution in [0.15, 0.2) is 23.0 Å². The highest BCUT2D eigenvalue weighted by molar-refractivity contribution is 5.15. The highest BCUT2D eigenvalue weighted by atomic mass is 16.3. The van der Waals surface area contributed by atoms with E-state index in [4.69, 9.17) is 5.11 Å². The molecule has 0 radical (unpaired) electrons. The lowest BCUT2D eigenvalue weighted by molar-refractivity contribution is -0.911. The first-order chi connectivity index (χ1) is 8.28. The molecule has 1 aromatic rings. The van der Waals surface area contributed by atoms with Crippen molar-refractivity contribution in [3.63, 3.8) is 0 Å². The van der Waals surface area contributed by atoms with E-state index in [-0.39, 0.29) is 12.2 Å². The van der Waals surface area contributed by atoms with E-state index in [0.717, 1.165) is 26.2 Å². The van der Waals surface area contributed by atoms with Gasteiger partial charge in [-0.2, -0.15) is 0 Å². The molecule has 0 spiro atoms. The minimum Gasteiger partial charge on any atom is -0.391 e. The number of hydrogen-bond acceptors (Lipinski definition) is 2. The van der Waals surface area contributed by atoms with E-state index in [1.54, 1.807) is 6.07 Å². The number of aliphatic hydroxyl groups excluding tert-OH is 1. The summed E-state index contributed by atoms with van der Waals surface area (Å²) < 4.78 is 1.95. The number of fused-ring (bicyclic) bond motifs is 4. The van der Waals surface area contributed by atoms with Crippen molar-refractivity contribution in [1.82, 2.24) is 4.57 Å². The molecule has 3 heterocycles. The third-order valence-electron chi connectivity index (χ3n) is 4.14. The van der Waals surface area contributed by atoms with Crippen molar-refractivity contribution in [3.05, 3.63) is 34.2 Å². The molecule has 0 aliphatic carbocycles. The molecular formula is C13H19N2O2+. The molecule has 17 heavy (non-hydrogen) atoms. The van der Waals surface area contributed by atoms with Gasteiger partial charge in [-0.05, 0) is 12.5 Å². The van der Waals surface area contributed by atoms with Gasteiger partial charge in [0.05, 0.1) is 19.7 Å². The lowest BCUT2D eigenvalue weighted by atomic mass is 9.83. The highest BCUT2D eigenvalue weighted by Crippen LogP contribution is 2.29. The Balaban J connectivity index is 1.93. The number of nitrogens with one attached hydrogen (secondary N) is 1. The van der Waals surface area contributed by atoms with Gasteiger partial charge >= 0.3 is 0 Å². The first kappa shape index (κ1) is 11.0. The van der Waals surface area contributed by atoms with E-state index in [1.807, 2.05) is 10.6 Å². The van der Waals surface area contributed by atoms with Crippen LogP contribution in [0.3, 0.4) is 0 Å². The Morgan fingerprint density at radius 3 is 3.12 bits per heavy atom. The van der Waals surface area contributed by atoms with E-state index < -0.39 is 0 Å². The molecular weight excluding hydrogens is 216 g/mol. The number of aromatic nitrogens is 1. The molecule has 3 rings (SSSR count). The molecule has 3 atom stereocenters. The Bertz CT molecular complexity index is 469. The largest absolute Gasteiger partial charge is 0.391 e. The van der Waals surface area contributed by atoms with Gasteiger partial charge in [-0.3, -0.25) is 4.79 Å². The second-order valence-electron chi connectivity index (χ2n) is 5.33. The molecule has 4 heteroatoms. The third-order valence-corrected chi connectivity index (χ3v) is 4.14. The fraction of sp³-hybridized carbons (Fsp3) is 0.615. The first-order valence-electron chi connectivity index (χ1n) is 6.42. The standard InChI is InChI=1S/C13H18N2O2/c16-5-4-14-7-10-6-11(9-14)12-2-1-3-13(17)15(12)8-10/h1-3,10-11,16H,4-9H2/p+1/t10-,11+/m1/s1. The molecule has 2 bridgehead atoms. The summed E-state index contributed by atoms with van der Waals surface area (Å²) in [5.41, 5.74) is 1.34. The van der Waals surface area contributed by atoms with Crippen molar-refractivity contribution in [2.24, 2.45) is 5.92 Å². The number of pyridine rings is 1. The van der Waals surface area contributed by atoms with Crippen molar-refractivity contribution in [2.75, 3.05) is 26.2 Å². The molecule has 0 aromatic carbocycles. The normalized spacial score (nSPS) is 31.0. The monoisotopic (exact) mass is 235 g/mol. The number of piperidine rings is 1. The van der Waals surface area contributed by atoms with E-state index in [2.05, 4.69) is 6.07 Å². The Morgan fingerprint density at radius 1 is 1.41 bits per heavy atom. The van der Waals surface area contributed by atoms with Gasteiger partial charge in [0.15, 0.2) is 0 Å². The fourth-order valence-corrected chi connectivity index (χ4v) is 3.48. The average molecular weight is 235 g/mol. The summed E-state index contributed by atoms with van der Waals surface area (Å²) in [6.07, 6.45) is 1.21. The van der Waals surface area contributed by atoms with Crippen molar-refractivity contribution < 1.29 is 10.0 Å².